The van der Waals surface area contributed by atoms with Gasteiger partial charge in [-0.25, -0.2) is 0 Å². The van der Waals surface area contributed by atoms with Gasteiger partial charge in [0.1, 0.15) is 0 Å². The molecule has 0 bridgehead atoms. The first-order chi connectivity index (χ1) is 9.69. The zero-order valence-corrected chi connectivity index (χ0v) is 15.1. The van der Waals surface area contributed by atoms with E-state index in [1.807, 2.05) is 11.3 Å². The van der Waals surface area contributed by atoms with E-state index >= 15 is 0 Å². The van der Waals surface area contributed by atoms with Crippen molar-refractivity contribution in [3.05, 3.63) is 20.8 Å². The van der Waals surface area contributed by atoms with Crippen molar-refractivity contribution >= 4 is 27.3 Å². The quantitative estimate of drug-likeness (QED) is 0.787. The van der Waals surface area contributed by atoms with E-state index in [9.17, 15) is 0 Å². The second-order valence-electron chi connectivity index (χ2n) is 5.88. The summed E-state index contributed by atoms with van der Waals surface area (Å²) >= 11 is 5.38. The van der Waals surface area contributed by atoms with Gasteiger partial charge in [-0.2, -0.15) is 0 Å². The second kappa shape index (κ2) is 8.52. The third-order valence-corrected chi connectivity index (χ3v) is 6.03. The number of hydrogen-bond acceptors (Lipinski definition) is 3. The summed E-state index contributed by atoms with van der Waals surface area (Å²) in [6.07, 6.45) is 5.15. The Balaban J connectivity index is 1.64. The summed E-state index contributed by atoms with van der Waals surface area (Å²) in [6, 6.07) is 5.03. The van der Waals surface area contributed by atoms with Crippen molar-refractivity contribution in [3.8, 4) is 0 Å². The molecule has 1 aromatic heterocycles. The fourth-order valence-corrected chi connectivity index (χ4v) is 4.55. The fraction of sp³-hybridized carbons (Fsp3) is 0.750. The van der Waals surface area contributed by atoms with E-state index < -0.39 is 0 Å². The number of hydrogen-bond donors (Lipinski definition) is 1. The number of nitrogens with zero attached hydrogens (tertiary/aromatic N) is 1. The van der Waals surface area contributed by atoms with Gasteiger partial charge in [0, 0.05) is 17.5 Å². The molecule has 1 aliphatic rings. The Labute approximate surface area is 136 Å². The van der Waals surface area contributed by atoms with Gasteiger partial charge in [-0.3, -0.25) is 0 Å². The smallest absolute Gasteiger partial charge is 0.0701 e. The second-order valence-corrected chi connectivity index (χ2v) is 8.43. The average molecular weight is 359 g/mol. The molecule has 1 atom stereocenters. The molecule has 2 nitrogen and oxygen atoms in total. The summed E-state index contributed by atoms with van der Waals surface area (Å²) in [5, 5.41) is 3.73. The fourth-order valence-electron chi connectivity index (χ4n) is 3.07. The molecule has 1 unspecified atom stereocenters. The standard InChI is InChI=1S/C16H27BrN2S/c1-3-10-19-11-7-14(8-12-19)13(2)18-9-6-15-4-5-16(17)20-15/h4-5,13-14,18H,3,6-12H2,1-2H3. The summed E-state index contributed by atoms with van der Waals surface area (Å²) in [5.41, 5.74) is 0. The van der Waals surface area contributed by atoms with Crippen LogP contribution < -0.4 is 5.32 Å². The van der Waals surface area contributed by atoms with Gasteiger partial charge in [0.2, 0.25) is 0 Å². The normalized spacial score (nSPS) is 19.4. The number of rotatable bonds is 7. The summed E-state index contributed by atoms with van der Waals surface area (Å²) in [7, 11) is 0. The maximum atomic E-state index is 3.73. The zero-order chi connectivity index (χ0) is 14.4. The van der Waals surface area contributed by atoms with Crippen LogP contribution >= 0.6 is 27.3 Å². The molecular formula is C16H27BrN2S. The van der Waals surface area contributed by atoms with Crippen molar-refractivity contribution in [2.24, 2.45) is 5.92 Å². The summed E-state index contributed by atoms with van der Waals surface area (Å²) < 4.78 is 1.24. The minimum absolute atomic E-state index is 0.655. The van der Waals surface area contributed by atoms with Gasteiger partial charge in [-0.15, -0.1) is 11.3 Å². The van der Waals surface area contributed by atoms with Crippen LogP contribution in [0.4, 0.5) is 0 Å². The molecule has 0 spiro atoms. The first kappa shape index (κ1) is 16.5. The zero-order valence-electron chi connectivity index (χ0n) is 12.7. The van der Waals surface area contributed by atoms with Crippen molar-refractivity contribution in [2.45, 2.75) is 45.6 Å². The topological polar surface area (TPSA) is 15.3 Å². The molecule has 114 valence electrons. The van der Waals surface area contributed by atoms with Crippen molar-refractivity contribution in [3.63, 3.8) is 0 Å². The summed E-state index contributed by atoms with van der Waals surface area (Å²) in [4.78, 5) is 4.08. The molecule has 1 aliphatic heterocycles. The van der Waals surface area contributed by atoms with E-state index in [2.05, 4.69) is 52.1 Å². The Bertz CT molecular complexity index is 386. The van der Waals surface area contributed by atoms with Crippen LogP contribution in [0.1, 0.15) is 38.0 Å². The molecule has 1 N–H and O–H groups in total. The van der Waals surface area contributed by atoms with Crippen LogP contribution in [0, 0.1) is 5.92 Å². The molecule has 1 saturated heterocycles. The first-order valence-corrected chi connectivity index (χ1v) is 9.50. The molecule has 0 amide bonds. The first-order valence-electron chi connectivity index (χ1n) is 7.89. The van der Waals surface area contributed by atoms with Crippen LogP contribution in [0.2, 0.25) is 0 Å². The highest BCUT2D eigenvalue weighted by atomic mass is 79.9. The van der Waals surface area contributed by atoms with Crippen molar-refractivity contribution in [1.29, 1.82) is 0 Å². The van der Waals surface area contributed by atoms with Crippen LogP contribution in [0.5, 0.6) is 0 Å². The third-order valence-electron chi connectivity index (χ3n) is 4.35. The lowest BCUT2D eigenvalue weighted by molar-refractivity contribution is 0.163. The summed E-state index contributed by atoms with van der Waals surface area (Å²) in [5.74, 6) is 0.859. The highest BCUT2D eigenvalue weighted by molar-refractivity contribution is 9.11. The Morgan fingerprint density at radius 1 is 1.40 bits per heavy atom. The predicted octanol–water partition coefficient (Wildman–Crippen LogP) is 4.15. The van der Waals surface area contributed by atoms with Crippen LogP contribution in [0.15, 0.2) is 15.9 Å². The van der Waals surface area contributed by atoms with Gasteiger partial charge in [-0.05, 0) is 86.2 Å². The molecule has 20 heavy (non-hydrogen) atoms. The van der Waals surface area contributed by atoms with Gasteiger partial charge in [0.05, 0.1) is 3.79 Å². The monoisotopic (exact) mass is 358 g/mol. The molecule has 1 fully saturated rings. The highest BCUT2D eigenvalue weighted by Crippen LogP contribution is 2.23. The number of halogens is 1. The highest BCUT2D eigenvalue weighted by Gasteiger charge is 2.22. The van der Waals surface area contributed by atoms with E-state index in [0.717, 1.165) is 18.9 Å². The Hall–Kier alpha value is 0.1000. The molecule has 1 aromatic rings. The maximum Gasteiger partial charge on any atom is 0.0701 e. The van der Waals surface area contributed by atoms with E-state index in [1.54, 1.807) is 0 Å². The molecule has 0 aromatic carbocycles. The lowest BCUT2D eigenvalue weighted by atomic mass is 9.90. The van der Waals surface area contributed by atoms with Gasteiger partial charge >= 0.3 is 0 Å². The Kier molecular flexibility index (Phi) is 7.02. The largest absolute Gasteiger partial charge is 0.314 e. The Morgan fingerprint density at radius 3 is 2.75 bits per heavy atom. The van der Waals surface area contributed by atoms with Crippen LogP contribution in [-0.2, 0) is 6.42 Å². The molecule has 2 heterocycles. The van der Waals surface area contributed by atoms with Gasteiger partial charge in [0.15, 0.2) is 0 Å². The SMILES string of the molecule is CCCN1CCC(C(C)NCCc2ccc(Br)s2)CC1. The number of nitrogens with one attached hydrogen (secondary N) is 1. The number of piperidine rings is 1. The minimum atomic E-state index is 0.655. The Morgan fingerprint density at radius 2 is 2.15 bits per heavy atom. The van der Waals surface area contributed by atoms with E-state index in [4.69, 9.17) is 0 Å². The molecular weight excluding hydrogens is 332 g/mol. The third kappa shape index (κ3) is 5.14. The van der Waals surface area contributed by atoms with Crippen molar-refractivity contribution < 1.29 is 0 Å². The van der Waals surface area contributed by atoms with E-state index in [0.29, 0.717) is 6.04 Å². The van der Waals surface area contributed by atoms with Crippen LogP contribution in [0.25, 0.3) is 0 Å². The average Bonchev–Trinajstić information content (AvgIpc) is 2.85. The molecule has 4 heteroatoms. The lowest BCUT2D eigenvalue weighted by Gasteiger charge is -2.35. The van der Waals surface area contributed by atoms with Gasteiger partial charge < -0.3 is 10.2 Å². The van der Waals surface area contributed by atoms with E-state index in [1.165, 1.54) is 47.6 Å². The maximum absolute atomic E-state index is 3.73. The van der Waals surface area contributed by atoms with Crippen LogP contribution in [0.3, 0.4) is 0 Å². The van der Waals surface area contributed by atoms with E-state index in [-0.39, 0.29) is 0 Å². The molecule has 0 aliphatic carbocycles. The predicted molar refractivity (Wildman–Crippen MR) is 92.6 cm³/mol. The van der Waals surface area contributed by atoms with Crippen molar-refractivity contribution in [2.75, 3.05) is 26.2 Å². The molecule has 2 rings (SSSR count). The number of thiophene rings is 1. The van der Waals surface area contributed by atoms with Crippen LogP contribution in [-0.4, -0.2) is 37.1 Å². The molecule has 0 saturated carbocycles. The molecule has 0 radical (unpaired) electrons. The summed E-state index contributed by atoms with van der Waals surface area (Å²) in [6.45, 7) is 9.61. The number of likely N-dealkylation sites (tertiary alicyclic amines) is 1. The van der Waals surface area contributed by atoms with Gasteiger partial charge in [0.25, 0.3) is 0 Å². The van der Waals surface area contributed by atoms with Crippen molar-refractivity contribution in [1.82, 2.24) is 10.2 Å². The minimum Gasteiger partial charge on any atom is -0.314 e. The van der Waals surface area contributed by atoms with Gasteiger partial charge in [-0.1, -0.05) is 6.92 Å². The lowest BCUT2D eigenvalue weighted by Crippen LogP contribution is -2.42.